The van der Waals surface area contributed by atoms with Crippen LogP contribution in [0.1, 0.15) is 23.2 Å². The first-order valence-corrected chi connectivity index (χ1v) is 7.51. The average molecular weight is 275 g/mol. The standard InChI is InChI=1S/C15H21N3S/c1-4-18(14-8-6-5-7-12(14)2)10-13-11-19-15(17-13)9-16-3/h5-8,11,16H,4,9-10H2,1-3H3. The van der Waals surface area contributed by atoms with Crippen molar-refractivity contribution in [1.82, 2.24) is 10.3 Å². The number of rotatable bonds is 6. The fraction of sp³-hybridized carbons (Fsp3) is 0.400. The van der Waals surface area contributed by atoms with Crippen molar-refractivity contribution in [3.8, 4) is 0 Å². The molecule has 0 aliphatic heterocycles. The zero-order valence-electron chi connectivity index (χ0n) is 11.8. The zero-order chi connectivity index (χ0) is 13.7. The normalized spacial score (nSPS) is 10.7. The molecule has 0 radical (unpaired) electrons. The van der Waals surface area contributed by atoms with Crippen molar-refractivity contribution in [2.75, 3.05) is 18.5 Å². The van der Waals surface area contributed by atoms with E-state index in [1.165, 1.54) is 11.3 Å². The lowest BCUT2D eigenvalue weighted by Gasteiger charge is -2.24. The maximum absolute atomic E-state index is 4.66. The summed E-state index contributed by atoms with van der Waals surface area (Å²) in [7, 11) is 1.95. The number of aromatic nitrogens is 1. The monoisotopic (exact) mass is 275 g/mol. The Kier molecular flexibility index (Phi) is 4.93. The molecule has 0 saturated carbocycles. The predicted octanol–water partition coefficient (Wildman–Crippen LogP) is 3.20. The highest BCUT2D eigenvalue weighted by atomic mass is 32.1. The van der Waals surface area contributed by atoms with Gasteiger partial charge in [-0.3, -0.25) is 0 Å². The fourth-order valence-corrected chi connectivity index (χ4v) is 2.93. The largest absolute Gasteiger partial charge is 0.366 e. The van der Waals surface area contributed by atoms with Gasteiger partial charge in [-0.2, -0.15) is 0 Å². The average Bonchev–Trinajstić information content (AvgIpc) is 2.85. The molecule has 0 saturated heterocycles. The van der Waals surface area contributed by atoms with Crippen LogP contribution in [0.2, 0.25) is 0 Å². The van der Waals surface area contributed by atoms with Gasteiger partial charge in [0.05, 0.1) is 12.2 Å². The molecule has 0 fully saturated rings. The Morgan fingerprint density at radius 2 is 2.11 bits per heavy atom. The van der Waals surface area contributed by atoms with Crippen LogP contribution in [0.25, 0.3) is 0 Å². The van der Waals surface area contributed by atoms with E-state index in [4.69, 9.17) is 0 Å². The Morgan fingerprint density at radius 1 is 1.32 bits per heavy atom. The highest BCUT2D eigenvalue weighted by Crippen LogP contribution is 2.22. The minimum absolute atomic E-state index is 0.848. The summed E-state index contributed by atoms with van der Waals surface area (Å²) in [4.78, 5) is 7.03. The fourth-order valence-electron chi connectivity index (χ4n) is 2.14. The molecule has 3 nitrogen and oxygen atoms in total. The number of aryl methyl sites for hydroxylation is 1. The third kappa shape index (κ3) is 3.55. The Hall–Kier alpha value is -1.39. The first-order valence-electron chi connectivity index (χ1n) is 6.63. The molecule has 0 aliphatic rings. The second-order valence-electron chi connectivity index (χ2n) is 4.56. The molecule has 1 aromatic heterocycles. The Labute approximate surface area is 119 Å². The molecule has 4 heteroatoms. The Morgan fingerprint density at radius 3 is 2.79 bits per heavy atom. The SMILES string of the molecule is CCN(Cc1csc(CNC)n1)c1ccccc1C. The number of nitrogens with zero attached hydrogens (tertiary/aromatic N) is 2. The van der Waals surface area contributed by atoms with Gasteiger partial charge < -0.3 is 10.2 Å². The van der Waals surface area contributed by atoms with Crippen LogP contribution in [-0.2, 0) is 13.1 Å². The molecule has 0 unspecified atom stereocenters. The highest BCUT2D eigenvalue weighted by molar-refractivity contribution is 7.09. The Balaban J connectivity index is 2.12. The Bertz CT molecular complexity index is 522. The molecule has 1 N–H and O–H groups in total. The minimum Gasteiger partial charge on any atom is -0.366 e. The van der Waals surface area contributed by atoms with Gasteiger partial charge in [0.25, 0.3) is 0 Å². The van der Waals surface area contributed by atoms with Crippen LogP contribution in [0.5, 0.6) is 0 Å². The van der Waals surface area contributed by atoms with E-state index in [9.17, 15) is 0 Å². The van der Waals surface area contributed by atoms with Crippen LogP contribution < -0.4 is 10.2 Å². The zero-order valence-corrected chi connectivity index (χ0v) is 12.6. The van der Waals surface area contributed by atoms with Crippen molar-refractivity contribution < 1.29 is 0 Å². The molecule has 102 valence electrons. The third-order valence-corrected chi connectivity index (χ3v) is 4.02. The van der Waals surface area contributed by atoms with E-state index in [1.807, 2.05) is 7.05 Å². The smallest absolute Gasteiger partial charge is 0.107 e. The van der Waals surface area contributed by atoms with Gasteiger partial charge in [-0.25, -0.2) is 4.98 Å². The molecule has 19 heavy (non-hydrogen) atoms. The molecule has 0 amide bonds. The molecule has 0 bridgehead atoms. The van der Waals surface area contributed by atoms with E-state index in [0.29, 0.717) is 0 Å². The molecular weight excluding hydrogens is 254 g/mol. The third-order valence-electron chi connectivity index (χ3n) is 3.12. The summed E-state index contributed by atoms with van der Waals surface area (Å²) in [6.45, 7) is 7.06. The van der Waals surface area contributed by atoms with Gasteiger partial charge in [-0.1, -0.05) is 18.2 Å². The van der Waals surface area contributed by atoms with Crippen LogP contribution >= 0.6 is 11.3 Å². The van der Waals surface area contributed by atoms with Gasteiger partial charge in [-0.05, 0) is 32.5 Å². The summed E-state index contributed by atoms with van der Waals surface area (Å²) in [5.41, 5.74) is 3.77. The molecule has 1 heterocycles. The van der Waals surface area contributed by atoms with E-state index in [-0.39, 0.29) is 0 Å². The van der Waals surface area contributed by atoms with Crippen molar-refractivity contribution in [2.45, 2.75) is 26.9 Å². The number of para-hydroxylation sites is 1. The topological polar surface area (TPSA) is 28.2 Å². The van der Waals surface area contributed by atoms with Gasteiger partial charge >= 0.3 is 0 Å². The van der Waals surface area contributed by atoms with E-state index >= 15 is 0 Å². The predicted molar refractivity (Wildman–Crippen MR) is 82.8 cm³/mol. The lowest BCUT2D eigenvalue weighted by molar-refractivity contribution is 0.780. The summed E-state index contributed by atoms with van der Waals surface area (Å²) in [5, 5.41) is 6.45. The second-order valence-corrected chi connectivity index (χ2v) is 5.51. The number of thiazole rings is 1. The second kappa shape index (κ2) is 6.68. The van der Waals surface area contributed by atoms with Crippen molar-refractivity contribution in [3.63, 3.8) is 0 Å². The van der Waals surface area contributed by atoms with Crippen LogP contribution in [0.15, 0.2) is 29.6 Å². The maximum Gasteiger partial charge on any atom is 0.107 e. The van der Waals surface area contributed by atoms with E-state index in [0.717, 1.165) is 30.3 Å². The van der Waals surface area contributed by atoms with Crippen molar-refractivity contribution >= 4 is 17.0 Å². The van der Waals surface area contributed by atoms with Gasteiger partial charge in [0, 0.05) is 24.2 Å². The maximum atomic E-state index is 4.66. The lowest BCUT2D eigenvalue weighted by Crippen LogP contribution is -2.23. The number of nitrogens with one attached hydrogen (secondary N) is 1. The number of hydrogen-bond acceptors (Lipinski definition) is 4. The van der Waals surface area contributed by atoms with Crippen LogP contribution in [0.4, 0.5) is 5.69 Å². The molecular formula is C15H21N3S. The highest BCUT2D eigenvalue weighted by Gasteiger charge is 2.10. The van der Waals surface area contributed by atoms with Crippen molar-refractivity contribution in [3.05, 3.63) is 45.9 Å². The summed E-state index contributed by atoms with van der Waals surface area (Å²) in [6.07, 6.45) is 0. The summed E-state index contributed by atoms with van der Waals surface area (Å²) in [6, 6.07) is 8.52. The summed E-state index contributed by atoms with van der Waals surface area (Å²) < 4.78 is 0. The first kappa shape index (κ1) is 14.0. The van der Waals surface area contributed by atoms with E-state index < -0.39 is 0 Å². The molecule has 0 spiro atoms. The number of hydrogen-bond donors (Lipinski definition) is 1. The van der Waals surface area contributed by atoms with Gasteiger partial charge in [0.15, 0.2) is 0 Å². The molecule has 2 aromatic rings. The molecule has 0 aliphatic carbocycles. The first-order chi connectivity index (χ1) is 9.24. The van der Waals surface area contributed by atoms with Gasteiger partial charge in [-0.15, -0.1) is 11.3 Å². The van der Waals surface area contributed by atoms with Crippen LogP contribution in [0, 0.1) is 6.92 Å². The van der Waals surface area contributed by atoms with Crippen molar-refractivity contribution in [2.24, 2.45) is 0 Å². The van der Waals surface area contributed by atoms with Gasteiger partial charge in [0.1, 0.15) is 5.01 Å². The quantitative estimate of drug-likeness (QED) is 0.877. The number of benzene rings is 1. The number of anilines is 1. The van der Waals surface area contributed by atoms with E-state index in [2.05, 4.69) is 58.7 Å². The van der Waals surface area contributed by atoms with Gasteiger partial charge in [0.2, 0.25) is 0 Å². The van der Waals surface area contributed by atoms with Crippen molar-refractivity contribution in [1.29, 1.82) is 0 Å². The van der Waals surface area contributed by atoms with Crippen LogP contribution in [0.3, 0.4) is 0 Å². The summed E-state index contributed by atoms with van der Waals surface area (Å²) >= 11 is 1.73. The van der Waals surface area contributed by atoms with E-state index in [1.54, 1.807) is 11.3 Å². The minimum atomic E-state index is 0.848. The summed E-state index contributed by atoms with van der Waals surface area (Å²) in [5.74, 6) is 0. The van der Waals surface area contributed by atoms with Crippen LogP contribution in [-0.4, -0.2) is 18.6 Å². The lowest BCUT2D eigenvalue weighted by atomic mass is 10.2. The molecule has 0 atom stereocenters. The molecule has 1 aromatic carbocycles. The molecule has 2 rings (SSSR count).